The van der Waals surface area contributed by atoms with Crippen LogP contribution in [0.4, 0.5) is 0 Å². The largest absolute Gasteiger partial charge is 0.298 e. The Labute approximate surface area is 155 Å². The molecular weight excluding hydrogens is 441 g/mol. The summed E-state index contributed by atoms with van der Waals surface area (Å²) in [6.07, 6.45) is 0. The van der Waals surface area contributed by atoms with Crippen LogP contribution in [0, 0.1) is 0 Å². The Kier molecular flexibility index (Phi) is 5.57. The van der Waals surface area contributed by atoms with Crippen LogP contribution >= 0.6 is 69.6 Å². The Bertz CT molecular complexity index is 837. The molecule has 0 aliphatic rings. The van der Waals surface area contributed by atoms with Crippen molar-refractivity contribution in [3.05, 3.63) is 27.5 Å². The van der Waals surface area contributed by atoms with Crippen molar-refractivity contribution in [3.8, 4) is 0 Å². The number of alkyl halides is 3. The van der Waals surface area contributed by atoms with Crippen LogP contribution in [0.2, 0.25) is 15.3 Å². The Hall–Kier alpha value is 0.210. The van der Waals surface area contributed by atoms with Crippen molar-refractivity contribution < 1.29 is 12.6 Å². The summed E-state index contributed by atoms with van der Waals surface area (Å²) in [4.78, 5) is 7.49. The van der Waals surface area contributed by atoms with Gasteiger partial charge in [-0.05, 0) is 12.1 Å². The minimum Gasteiger partial charge on any atom is -0.262 e. The lowest BCUT2D eigenvalue weighted by molar-refractivity contribution is 0.325. The summed E-state index contributed by atoms with van der Waals surface area (Å²) >= 11 is 33.8. The number of fused-ring (bicyclic) bond motifs is 1. The van der Waals surface area contributed by atoms with Gasteiger partial charge in [0.1, 0.15) is 11.5 Å². The highest BCUT2D eigenvalue weighted by molar-refractivity contribution is 7.87. The van der Waals surface area contributed by atoms with E-state index in [1.165, 1.54) is 6.07 Å². The van der Waals surface area contributed by atoms with Crippen molar-refractivity contribution in [2.45, 2.75) is 8.69 Å². The average Bonchev–Trinajstić information content (AvgIpc) is 2.37. The number of hydrogen-bond donors (Lipinski definition) is 0. The molecule has 0 atom stereocenters. The zero-order valence-electron chi connectivity index (χ0n) is 10.2. The number of benzene rings is 1. The summed E-state index contributed by atoms with van der Waals surface area (Å²) in [5.74, 6) is 0. The van der Waals surface area contributed by atoms with E-state index in [0.717, 1.165) is 6.07 Å². The molecule has 0 radical (unpaired) electrons. The highest BCUT2D eigenvalue weighted by atomic mass is 35.6. The van der Waals surface area contributed by atoms with E-state index in [9.17, 15) is 8.42 Å². The first-order valence-electron chi connectivity index (χ1n) is 5.28. The van der Waals surface area contributed by atoms with Gasteiger partial charge in [0.25, 0.3) is 10.1 Å². The van der Waals surface area contributed by atoms with Gasteiger partial charge in [-0.2, -0.15) is 8.42 Å². The van der Waals surface area contributed by atoms with Gasteiger partial charge >= 0.3 is 0 Å². The van der Waals surface area contributed by atoms with Crippen LogP contribution < -0.4 is 0 Å². The molecule has 12 heteroatoms. The van der Waals surface area contributed by atoms with E-state index in [1.54, 1.807) is 0 Å². The molecule has 0 amide bonds. The first-order chi connectivity index (χ1) is 9.99. The zero-order chi connectivity index (χ0) is 16.7. The maximum Gasteiger partial charge on any atom is 0.298 e. The van der Waals surface area contributed by atoms with Crippen molar-refractivity contribution in [2.24, 2.45) is 0 Å². The highest BCUT2D eigenvalue weighted by Crippen LogP contribution is 2.32. The topological polar surface area (TPSA) is 69.2 Å². The normalized spacial score (nSPS) is 12.8. The lowest BCUT2D eigenvalue weighted by Gasteiger charge is -2.12. The molecule has 0 aliphatic heterocycles. The molecule has 1 heterocycles. The van der Waals surface area contributed by atoms with Gasteiger partial charge in [0.05, 0.1) is 16.1 Å². The molecule has 0 N–H and O–H groups in total. The lowest BCUT2D eigenvalue weighted by Crippen LogP contribution is -2.18. The second kappa shape index (κ2) is 6.61. The van der Waals surface area contributed by atoms with E-state index in [0.29, 0.717) is 0 Å². The maximum atomic E-state index is 12.1. The fraction of sp³-hybridized carbons (Fsp3) is 0.200. The van der Waals surface area contributed by atoms with Gasteiger partial charge in [-0.3, -0.25) is 4.18 Å². The molecule has 0 saturated carbocycles. The minimum atomic E-state index is -4.27. The van der Waals surface area contributed by atoms with Gasteiger partial charge in [0, 0.05) is 0 Å². The fourth-order valence-corrected chi connectivity index (χ4v) is 3.49. The number of halogens is 6. The van der Waals surface area contributed by atoms with Crippen LogP contribution in [0.1, 0.15) is 0 Å². The number of nitrogens with zero attached hydrogens (tertiary/aromatic N) is 2. The number of aromatic nitrogens is 2. The van der Waals surface area contributed by atoms with Gasteiger partial charge in [-0.1, -0.05) is 69.6 Å². The summed E-state index contributed by atoms with van der Waals surface area (Å²) in [6, 6.07) is 2.40. The molecule has 5 nitrogen and oxygen atoms in total. The van der Waals surface area contributed by atoms with Crippen molar-refractivity contribution in [1.82, 2.24) is 9.97 Å². The van der Waals surface area contributed by atoms with Gasteiger partial charge in [0.2, 0.25) is 3.79 Å². The van der Waals surface area contributed by atoms with Crippen molar-refractivity contribution in [3.63, 3.8) is 0 Å². The minimum absolute atomic E-state index is 0.0340. The first kappa shape index (κ1) is 18.5. The molecule has 0 unspecified atom stereocenters. The molecular formula is C10H4Cl6N2O3S. The average molecular weight is 445 g/mol. The van der Waals surface area contributed by atoms with E-state index in [2.05, 4.69) is 14.2 Å². The fourth-order valence-electron chi connectivity index (χ4n) is 1.41. The predicted octanol–water partition coefficient (Wildman–Crippen LogP) is 4.67. The smallest absolute Gasteiger partial charge is 0.262 e. The molecule has 2 aromatic rings. The van der Waals surface area contributed by atoms with E-state index in [1.807, 2.05) is 0 Å². The SMILES string of the molecule is O=S(=O)(OCC(Cl)(Cl)Cl)c1cc2nc(Cl)c(Cl)nc2cc1Cl. The van der Waals surface area contributed by atoms with E-state index in [-0.39, 0.29) is 31.3 Å². The molecule has 1 aromatic heterocycles. The third kappa shape index (κ3) is 4.39. The lowest BCUT2D eigenvalue weighted by atomic mass is 10.3. The summed E-state index contributed by atoms with van der Waals surface area (Å²) in [6.45, 7) is -0.679. The second-order valence-corrected chi connectivity index (χ2v) is 9.13. The molecule has 0 saturated heterocycles. The van der Waals surface area contributed by atoms with Crippen molar-refractivity contribution in [1.29, 1.82) is 0 Å². The van der Waals surface area contributed by atoms with Gasteiger partial charge in [-0.15, -0.1) is 0 Å². The maximum absolute atomic E-state index is 12.1. The summed E-state index contributed by atoms with van der Waals surface area (Å²) in [5, 5.41) is -0.264. The monoisotopic (exact) mass is 442 g/mol. The molecule has 22 heavy (non-hydrogen) atoms. The van der Waals surface area contributed by atoms with Gasteiger partial charge < -0.3 is 0 Å². The van der Waals surface area contributed by atoms with Crippen LogP contribution in [-0.2, 0) is 14.3 Å². The predicted molar refractivity (Wildman–Crippen MR) is 88.0 cm³/mol. The zero-order valence-corrected chi connectivity index (χ0v) is 15.5. The Morgan fingerprint density at radius 2 is 1.50 bits per heavy atom. The second-order valence-electron chi connectivity index (χ2n) is 3.91. The quantitative estimate of drug-likeness (QED) is 0.508. The molecule has 0 bridgehead atoms. The van der Waals surface area contributed by atoms with E-state index < -0.39 is 20.5 Å². The molecule has 0 aliphatic carbocycles. The van der Waals surface area contributed by atoms with Gasteiger partial charge in [-0.25, -0.2) is 9.97 Å². The van der Waals surface area contributed by atoms with E-state index in [4.69, 9.17) is 69.6 Å². The third-order valence-electron chi connectivity index (χ3n) is 2.28. The molecule has 120 valence electrons. The van der Waals surface area contributed by atoms with Gasteiger partial charge in [0.15, 0.2) is 10.3 Å². The molecule has 1 aromatic carbocycles. The first-order valence-corrected chi connectivity index (χ1v) is 8.96. The molecule has 2 rings (SSSR count). The van der Waals surface area contributed by atoms with Crippen molar-refractivity contribution >= 4 is 90.8 Å². The third-order valence-corrected chi connectivity index (χ3v) is 4.96. The van der Waals surface area contributed by atoms with Crippen molar-refractivity contribution in [2.75, 3.05) is 6.61 Å². The highest BCUT2D eigenvalue weighted by Gasteiger charge is 2.27. The summed E-state index contributed by atoms with van der Waals surface area (Å²) in [5.41, 5.74) is 0.426. The van der Waals surface area contributed by atoms with Crippen LogP contribution in [0.5, 0.6) is 0 Å². The Morgan fingerprint density at radius 1 is 1.00 bits per heavy atom. The Balaban J connectivity index is 2.51. The van der Waals surface area contributed by atoms with E-state index >= 15 is 0 Å². The summed E-state index contributed by atoms with van der Waals surface area (Å²) < 4.78 is 27.0. The number of hydrogen-bond acceptors (Lipinski definition) is 5. The van der Waals surface area contributed by atoms with Crippen LogP contribution in [0.3, 0.4) is 0 Å². The standard InChI is InChI=1S/C10H4Cl6N2O3S/c11-4-1-5-6(18-9(13)8(12)17-5)2-7(4)22(19,20)21-3-10(14,15)16/h1-2H,3H2. The summed E-state index contributed by atoms with van der Waals surface area (Å²) in [7, 11) is -4.27. The molecule has 0 spiro atoms. The van der Waals surface area contributed by atoms with Crippen LogP contribution in [0.25, 0.3) is 11.0 Å². The van der Waals surface area contributed by atoms with Crippen LogP contribution in [0.15, 0.2) is 17.0 Å². The van der Waals surface area contributed by atoms with Crippen LogP contribution in [-0.4, -0.2) is 28.8 Å². The Morgan fingerprint density at radius 3 is 2.00 bits per heavy atom. The molecule has 0 fully saturated rings. The number of rotatable bonds is 3.